The van der Waals surface area contributed by atoms with Crippen LogP contribution in [0, 0.1) is 6.92 Å². The molecule has 0 aliphatic carbocycles. The Morgan fingerprint density at radius 3 is 1.17 bits per heavy atom. The van der Waals surface area contributed by atoms with Gasteiger partial charge in [-0.3, -0.25) is 0 Å². The molecule has 0 heterocycles. The van der Waals surface area contributed by atoms with Gasteiger partial charge in [-0.15, -0.1) is 0 Å². The van der Waals surface area contributed by atoms with Gasteiger partial charge in [0.2, 0.25) is 0 Å². The van der Waals surface area contributed by atoms with Gasteiger partial charge in [-0.25, -0.2) is 0 Å². The van der Waals surface area contributed by atoms with E-state index in [-0.39, 0.29) is 6.10 Å². The molecule has 0 saturated heterocycles. The van der Waals surface area contributed by atoms with Crippen molar-refractivity contribution < 1.29 is 4.74 Å². The molecular formula is C22H45O. The summed E-state index contributed by atoms with van der Waals surface area (Å²) in [5, 5.41) is 0. The van der Waals surface area contributed by atoms with Crippen LogP contribution in [-0.4, -0.2) is 13.2 Å². The Labute approximate surface area is 148 Å². The van der Waals surface area contributed by atoms with Gasteiger partial charge in [0, 0.05) is 7.11 Å². The molecule has 0 aromatic carbocycles. The molecular weight excluding hydrogens is 280 g/mol. The maximum Gasteiger partial charge on any atom is 0.0572 e. The molecule has 0 rings (SSSR count). The number of rotatable bonds is 19. The van der Waals surface area contributed by atoms with Gasteiger partial charge < -0.3 is 4.74 Å². The molecule has 1 atom stereocenters. The topological polar surface area (TPSA) is 9.23 Å². The second-order valence-electron chi connectivity index (χ2n) is 7.30. The molecule has 0 saturated carbocycles. The van der Waals surface area contributed by atoms with Gasteiger partial charge in [0.15, 0.2) is 0 Å². The summed E-state index contributed by atoms with van der Waals surface area (Å²) in [6, 6.07) is 0. The Balaban J connectivity index is 2.97. The van der Waals surface area contributed by atoms with Crippen LogP contribution in [0.5, 0.6) is 0 Å². The lowest BCUT2D eigenvalue weighted by molar-refractivity contribution is 0.128. The highest BCUT2D eigenvalue weighted by Crippen LogP contribution is 2.14. The van der Waals surface area contributed by atoms with Gasteiger partial charge in [0.25, 0.3) is 0 Å². The Bertz CT molecular complexity index is 202. The largest absolute Gasteiger partial charge is 0.381 e. The van der Waals surface area contributed by atoms with E-state index in [1.165, 1.54) is 109 Å². The summed E-state index contributed by atoms with van der Waals surface area (Å²) in [6.07, 6.45) is 25.7. The summed E-state index contributed by atoms with van der Waals surface area (Å²) in [7, 11) is 1.76. The fourth-order valence-corrected chi connectivity index (χ4v) is 3.21. The van der Waals surface area contributed by atoms with Crippen LogP contribution in [-0.2, 0) is 4.74 Å². The maximum atomic E-state index is 5.17. The minimum atomic E-state index is 0.200. The zero-order valence-corrected chi connectivity index (χ0v) is 16.4. The van der Waals surface area contributed by atoms with Crippen molar-refractivity contribution in [2.75, 3.05) is 7.11 Å². The smallest absolute Gasteiger partial charge is 0.0572 e. The third kappa shape index (κ3) is 19.9. The molecule has 0 N–H and O–H groups in total. The monoisotopic (exact) mass is 325 g/mol. The minimum absolute atomic E-state index is 0.200. The summed E-state index contributed by atoms with van der Waals surface area (Å²) in [5.74, 6) is 0. The van der Waals surface area contributed by atoms with E-state index in [1.807, 2.05) is 0 Å². The summed E-state index contributed by atoms with van der Waals surface area (Å²) >= 11 is 0. The third-order valence-corrected chi connectivity index (χ3v) is 4.96. The minimum Gasteiger partial charge on any atom is -0.381 e. The molecule has 0 amide bonds. The molecule has 23 heavy (non-hydrogen) atoms. The van der Waals surface area contributed by atoms with E-state index < -0.39 is 0 Å². The first-order chi connectivity index (χ1) is 11.3. The fraction of sp³-hybridized carbons (Fsp3) is 0.955. The van der Waals surface area contributed by atoms with E-state index in [4.69, 9.17) is 4.74 Å². The first-order valence-electron chi connectivity index (χ1n) is 10.7. The lowest BCUT2D eigenvalue weighted by Crippen LogP contribution is -2.04. The van der Waals surface area contributed by atoms with Crippen molar-refractivity contribution in [2.45, 2.75) is 129 Å². The Morgan fingerprint density at radius 1 is 0.565 bits per heavy atom. The SMILES string of the molecule is [CH2]C(CCCCCCCCCCCCCCCCCCC)OC. The van der Waals surface area contributed by atoms with Gasteiger partial charge in [0.1, 0.15) is 0 Å². The van der Waals surface area contributed by atoms with E-state index in [9.17, 15) is 0 Å². The predicted octanol–water partition coefficient (Wildman–Crippen LogP) is 7.88. The predicted molar refractivity (Wildman–Crippen MR) is 105 cm³/mol. The van der Waals surface area contributed by atoms with Crippen LogP contribution >= 0.6 is 0 Å². The lowest BCUT2D eigenvalue weighted by Gasteiger charge is -2.08. The van der Waals surface area contributed by atoms with Gasteiger partial charge in [-0.2, -0.15) is 0 Å². The molecule has 0 spiro atoms. The molecule has 0 fully saturated rings. The molecule has 0 bridgehead atoms. The van der Waals surface area contributed by atoms with Crippen LogP contribution < -0.4 is 0 Å². The fourth-order valence-electron chi connectivity index (χ4n) is 3.21. The second-order valence-corrected chi connectivity index (χ2v) is 7.30. The molecule has 1 heteroatoms. The molecule has 0 aromatic heterocycles. The van der Waals surface area contributed by atoms with Crippen molar-refractivity contribution in [3.8, 4) is 0 Å². The van der Waals surface area contributed by atoms with Crippen molar-refractivity contribution in [1.82, 2.24) is 0 Å². The highest BCUT2D eigenvalue weighted by atomic mass is 16.5. The van der Waals surface area contributed by atoms with Crippen LogP contribution in [0.4, 0.5) is 0 Å². The molecule has 1 unspecified atom stereocenters. The molecule has 1 radical (unpaired) electrons. The molecule has 139 valence electrons. The van der Waals surface area contributed by atoms with Gasteiger partial charge in [-0.1, -0.05) is 116 Å². The van der Waals surface area contributed by atoms with Crippen molar-refractivity contribution in [3.63, 3.8) is 0 Å². The highest BCUT2D eigenvalue weighted by molar-refractivity contribution is 4.59. The normalized spacial score (nSPS) is 12.7. The summed E-state index contributed by atoms with van der Waals surface area (Å²) < 4.78 is 5.17. The van der Waals surface area contributed by atoms with Crippen molar-refractivity contribution >= 4 is 0 Å². The molecule has 0 aromatic rings. The molecule has 0 aliphatic heterocycles. The lowest BCUT2D eigenvalue weighted by atomic mass is 10.0. The average Bonchev–Trinajstić information content (AvgIpc) is 2.57. The second kappa shape index (κ2) is 20.0. The highest BCUT2D eigenvalue weighted by Gasteiger charge is 1.99. The van der Waals surface area contributed by atoms with Crippen molar-refractivity contribution in [1.29, 1.82) is 0 Å². The van der Waals surface area contributed by atoms with E-state index in [2.05, 4.69) is 13.8 Å². The Morgan fingerprint density at radius 2 is 0.870 bits per heavy atom. The molecule has 0 aliphatic rings. The zero-order valence-electron chi connectivity index (χ0n) is 16.4. The third-order valence-electron chi connectivity index (χ3n) is 4.96. The maximum absolute atomic E-state index is 5.17. The van der Waals surface area contributed by atoms with Crippen LogP contribution in [0.15, 0.2) is 0 Å². The Hall–Kier alpha value is -0.0400. The summed E-state index contributed by atoms with van der Waals surface area (Å²) in [5.41, 5.74) is 0. The standard InChI is InChI=1S/C22H45O/c1-4-5-6-7-8-9-10-11-12-13-14-15-16-17-18-19-20-21-22(2)23-3/h22H,2,4-21H2,1,3H3. The van der Waals surface area contributed by atoms with Crippen molar-refractivity contribution in [2.24, 2.45) is 0 Å². The van der Waals surface area contributed by atoms with Gasteiger partial charge >= 0.3 is 0 Å². The zero-order chi connectivity index (χ0) is 17.0. The first-order valence-corrected chi connectivity index (χ1v) is 10.7. The average molecular weight is 326 g/mol. The quantitative estimate of drug-likeness (QED) is 0.219. The van der Waals surface area contributed by atoms with Crippen LogP contribution in [0.2, 0.25) is 0 Å². The number of methoxy groups -OCH3 is 1. The van der Waals surface area contributed by atoms with Crippen LogP contribution in [0.25, 0.3) is 0 Å². The van der Waals surface area contributed by atoms with E-state index in [0.717, 1.165) is 6.42 Å². The molecule has 1 nitrogen and oxygen atoms in total. The van der Waals surface area contributed by atoms with E-state index in [0.29, 0.717) is 0 Å². The first kappa shape index (κ1) is 23.0. The van der Waals surface area contributed by atoms with E-state index in [1.54, 1.807) is 7.11 Å². The van der Waals surface area contributed by atoms with Crippen LogP contribution in [0.1, 0.15) is 122 Å². The van der Waals surface area contributed by atoms with Crippen molar-refractivity contribution in [3.05, 3.63) is 6.92 Å². The van der Waals surface area contributed by atoms with Gasteiger partial charge in [-0.05, 0) is 13.3 Å². The number of ether oxygens (including phenoxy) is 1. The number of hydrogen-bond acceptors (Lipinski definition) is 1. The number of hydrogen-bond donors (Lipinski definition) is 0. The number of unbranched alkanes of at least 4 members (excludes halogenated alkanes) is 16. The van der Waals surface area contributed by atoms with Gasteiger partial charge in [0.05, 0.1) is 6.10 Å². The van der Waals surface area contributed by atoms with E-state index >= 15 is 0 Å². The van der Waals surface area contributed by atoms with Crippen LogP contribution in [0.3, 0.4) is 0 Å². The summed E-state index contributed by atoms with van der Waals surface area (Å²) in [4.78, 5) is 0. The Kier molecular flexibility index (Phi) is 20.0. The summed E-state index contributed by atoms with van der Waals surface area (Å²) in [6.45, 7) is 6.24.